The predicted octanol–water partition coefficient (Wildman–Crippen LogP) is 3.70. The fourth-order valence-corrected chi connectivity index (χ4v) is 4.03. The first-order valence-corrected chi connectivity index (χ1v) is 10.3. The van der Waals surface area contributed by atoms with E-state index in [2.05, 4.69) is 4.99 Å². The third kappa shape index (κ3) is 5.20. The van der Waals surface area contributed by atoms with Gasteiger partial charge in [-0.3, -0.25) is 9.59 Å². The first-order chi connectivity index (χ1) is 15.4. The number of amides is 1. The highest BCUT2D eigenvalue weighted by Gasteiger charge is 2.16. The van der Waals surface area contributed by atoms with Crippen LogP contribution >= 0.6 is 11.3 Å². The van der Waals surface area contributed by atoms with Gasteiger partial charge in [-0.1, -0.05) is 17.4 Å². The van der Waals surface area contributed by atoms with Crippen molar-refractivity contribution in [2.24, 2.45) is 4.99 Å². The van der Waals surface area contributed by atoms with Crippen molar-refractivity contribution in [2.45, 2.75) is 13.5 Å². The van der Waals surface area contributed by atoms with Gasteiger partial charge in [-0.25, -0.2) is 8.78 Å². The molecule has 0 unspecified atom stereocenters. The summed E-state index contributed by atoms with van der Waals surface area (Å²) in [7, 11) is 3.01. The maximum atomic E-state index is 14.4. The van der Waals surface area contributed by atoms with Crippen LogP contribution in [-0.4, -0.2) is 37.3 Å². The summed E-state index contributed by atoms with van der Waals surface area (Å²) < 4.78 is 44.8. The quantitative estimate of drug-likeness (QED) is 0.395. The zero-order valence-electron chi connectivity index (χ0n) is 17.6. The van der Waals surface area contributed by atoms with Crippen LogP contribution in [0.1, 0.15) is 12.5 Å². The Balaban J connectivity index is 1.99. The van der Waals surface area contributed by atoms with E-state index in [-0.39, 0.29) is 28.2 Å². The van der Waals surface area contributed by atoms with Crippen molar-refractivity contribution < 1.29 is 32.6 Å². The smallest absolute Gasteiger partial charge is 0.326 e. The average molecular weight is 462 g/mol. The number of carbonyl (C=O) groups excluding carboxylic acids is 2. The van der Waals surface area contributed by atoms with E-state index in [0.717, 1.165) is 17.4 Å². The van der Waals surface area contributed by atoms with E-state index in [1.165, 1.54) is 30.9 Å². The molecule has 0 spiro atoms. The van der Waals surface area contributed by atoms with Crippen LogP contribution in [0.3, 0.4) is 0 Å². The largest absolute Gasteiger partial charge is 0.493 e. The van der Waals surface area contributed by atoms with Crippen LogP contribution in [0.2, 0.25) is 0 Å². The lowest BCUT2D eigenvalue weighted by atomic mass is 10.2. The van der Waals surface area contributed by atoms with Gasteiger partial charge in [0.1, 0.15) is 12.4 Å². The number of rotatable bonds is 7. The van der Waals surface area contributed by atoms with Gasteiger partial charge in [-0.2, -0.15) is 4.99 Å². The monoisotopic (exact) mass is 462 g/mol. The molecule has 0 saturated heterocycles. The minimum absolute atomic E-state index is 0.0279. The summed E-state index contributed by atoms with van der Waals surface area (Å²) in [4.78, 5) is 28.5. The molecular weight excluding hydrogens is 442 g/mol. The number of nitrogens with zero attached hydrogens (tertiary/aromatic N) is 2. The molecule has 7 nitrogen and oxygen atoms in total. The zero-order valence-corrected chi connectivity index (χ0v) is 18.4. The van der Waals surface area contributed by atoms with Crippen molar-refractivity contribution in [1.82, 2.24) is 4.57 Å². The summed E-state index contributed by atoms with van der Waals surface area (Å²) in [6, 6.07) is 6.93. The molecule has 0 N–H and O–H groups in total. The zero-order chi connectivity index (χ0) is 23.3. The molecule has 0 bridgehead atoms. The van der Waals surface area contributed by atoms with Crippen molar-refractivity contribution >= 4 is 39.5 Å². The van der Waals surface area contributed by atoms with E-state index in [1.54, 1.807) is 25.1 Å². The lowest BCUT2D eigenvalue weighted by Crippen LogP contribution is -2.23. The number of carbonyl (C=O) groups is 2. The maximum Gasteiger partial charge on any atom is 0.326 e. The molecule has 1 heterocycles. The number of methoxy groups -OCH3 is 2. The van der Waals surface area contributed by atoms with Gasteiger partial charge in [-0.15, -0.1) is 0 Å². The minimum Gasteiger partial charge on any atom is -0.493 e. The number of thiazole rings is 1. The lowest BCUT2D eigenvalue weighted by molar-refractivity contribution is -0.143. The van der Waals surface area contributed by atoms with Gasteiger partial charge in [-0.05, 0) is 36.8 Å². The Hall–Kier alpha value is -3.53. The first-order valence-electron chi connectivity index (χ1n) is 9.49. The van der Waals surface area contributed by atoms with Gasteiger partial charge < -0.3 is 18.8 Å². The van der Waals surface area contributed by atoms with E-state index >= 15 is 0 Å². The normalized spacial score (nSPS) is 11.8. The Morgan fingerprint density at radius 1 is 1.12 bits per heavy atom. The minimum atomic E-state index is -0.865. The van der Waals surface area contributed by atoms with Crippen LogP contribution < -0.4 is 14.3 Å². The lowest BCUT2D eigenvalue weighted by Gasteiger charge is -2.07. The average Bonchev–Trinajstić information content (AvgIpc) is 3.08. The van der Waals surface area contributed by atoms with Crippen molar-refractivity contribution in [3.63, 3.8) is 0 Å². The van der Waals surface area contributed by atoms with Crippen LogP contribution in [0.15, 0.2) is 41.4 Å². The van der Waals surface area contributed by atoms with Crippen LogP contribution in [0.5, 0.6) is 11.5 Å². The number of benzene rings is 2. The van der Waals surface area contributed by atoms with Crippen molar-refractivity contribution in [2.75, 3.05) is 20.8 Å². The Bertz CT molecular complexity index is 1260. The highest BCUT2D eigenvalue weighted by atomic mass is 32.1. The predicted molar refractivity (Wildman–Crippen MR) is 116 cm³/mol. The first kappa shape index (κ1) is 23.1. The van der Waals surface area contributed by atoms with Crippen LogP contribution in [0.25, 0.3) is 16.3 Å². The van der Waals surface area contributed by atoms with Crippen LogP contribution in [0, 0.1) is 11.6 Å². The molecule has 3 rings (SSSR count). The second-order valence-corrected chi connectivity index (χ2v) is 7.42. The molecule has 0 saturated carbocycles. The van der Waals surface area contributed by atoms with E-state index in [4.69, 9.17) is 14.2 Å². The van der Waals surface area contributed by atoms with Gasteiger partial charge >= 0.3 is 5.97 Å². The molecule has 2 aromatic carbocycles. The number of halogens is 2. The van der Waals surface area contributed by atoms with E-state index in [1.807, 2.05) is 0 Å². The summed E-state index contributed by atoms with van der Waals surface area (Å²) in [6.07, 6.45) is 2.74. The van der Waals surface area contributed by atoms with E-state index in [9.17, 15) is 18.4 Å². The second-order valence-electron chi connectivity index (χ2n) is 6.41. The Morgan fingerprint density at radius 3 is 2.56 bits per heavy atom. The maximum absolute atomic E-state index is 14.4. The third-order valence-corrected chi connectivity index (χ3v) is 5.34. The van der Waals surface area contributed by atoms with Crippen LogP contribution in [-0.2, 0) is 20.9 Å². The summed E-state index contributed by atoms with van der Waals surface area (Å²) >= 11 is 0.891. The number of aromatic nitrogens is 1. The number of hydrogen-bond donors (Lipinski definition) is 0. The van der Waals surface area contributed by atoms with Gasteiger partial charge in [0.05, 0.1) is 31.0 Å². The number of hydrogen-bond acceptors (Lipinski definition) is 6. The molecule has 168 valence electrons. The Kier molecular flexibility index (Phi) is 7.37. The number of ether oxygens (including phenoxy) is 3. The SMILES string of the molecule is CCOC(=O)Cn1c(=NC(=O)C=Cc2ccc(OC)c(OC)c2)sc2cc(F)cc(F)c21. The molecule has 0 aliphatic heterocycles. The van der Waals surface area contributed by atoms with Crippen molar-refractivity contribution in [1.29, 1.82) is 0 Å². The summed E-state index contributed by atoms with van der Waals surface area (Å²) in [5.41, 5.74) is 0.634. The van der Waals surface area contributed by atoms with E-state index < -0.39 is 23.5 Å². The van der Waals surface area contributed by atoms with Gasteiger partial charge in [0.15, 0.2) is 22.1 Å². The molecule has 0 atom stereocenters. The van der Waals surface area contributed by atoms with Crippen LogP contribution in [0.4, 0.5) is 8.78 Å². The second kappa shape index (κ2) is 10.2. The molecular formula is C22H20F2N2O5S. The molecule has 1 aromatic heterocycles. The highest BCUT2D eigenvalue weighted by Crippen LogP contribution is 2.28. The highest BCUT2D eigenvalue weighted by molar-refractivity contribution is 7.16. The number of esters is 1. The molecule has 32 heavy (non-hydrogen) atoms. The standard InChI is InChI=1S/C22H20F2N2O5S/c1-4-31-20(28)12-26-21-15(24)10-14(23)11-18(21)32-22(26)25-19(27)8-6-13-5-7-16(29-2)17(9-13)30-3/h5-11H,4,12H2,1-3H3. The fourth-order valence-electron chi connectivity index (χ4n) is 2.95. The molecule has 10 heteroatoms. The summed E-state index contributed by atoms with van der Waals surface area (Å²) in [5, 5.41) is 0. The molecule has 0 fully saturated rings. The van der Waals surface area contributed by atoms with Gasteiger partial charge in [0.2, 0.25) is 0 Å². The van der Waals surface area contributed by atoms with E-state index in [0.29, 0.717) is 23.1 Å². The fraction of sp³-hybridized carbons (Fsp3) is 0.227. The molecule has 0 aliphatic rings. The summed E-state index contributed by atoms with van der Waals surface area (Å²) in [5.74, 6) is -1.88. The Labute approximate surface area is 186 Å². The van der Waals surface area contributed by atoms with Crippen molar-refractivity contribution in [3.8, 4) is 11.5 Å². The molecule has 0 aliphatic carbocycles. The summed E-state index contributed by atoms with van der Waals surface area (Å²) in [6.45, 7) is 1.40. The topological polar surface area (TPSA) is 79.1 Å². The molecule has 0 radical (unpaired) electrons. The molecule has 1 amide bonds. The van der Waals surface area contributed by atoms with Crippen molar-refractivity contribution in [3.05, 3.63) is 58.4 Å². The van der Waals surface area contributed by atoms with Gasteiger partial charge in [0.25, 0.3) is 5.91 Å². The Morgan fingerprint density at radius 2 is 1.88 bits per heavy atom. The molecule has 3 aromatic rings. The van der Waals surface area contributed by atoms with Gasteiger partial charge in [0, 0.05) is 12.1 Å². The third-order valence-electron chi connectivity index (χ3n) is 4.32. The number of fused-ring (bicyclic) bond motifs is 1.